The highest BCUT2D eigenvalue weighted by Gasteiger charge is 1.85. The molecular weight excluding hydrogens is 212 g/mol. The minimum absolute atomic E-state index is 1.05. The van der Waals surface area contributed by atoms with Crippen molar-refractivity contribution in [1.29, 1.82) is 0 Å². The molecule has 12 heavy (non-hydrogen) atoms. The van der Waals surface area contributed by atoms with Crippen LogP contribution in [0.4, 0.5) is 0 Å². The fourth-order valence-corrected chi connectivity index (χ4v) is 1.27. The Morgan fingerprint density at radius 1 is 1.17 bits per heavy atom. The summed E-state index contributed by atoms with van der Waals surface area (Å²) in [6, 6.07) is 0. The zero-order valence-electron chi connectivity index (χ0n) is 7.78. The second-order valence-electron chi connectivity index (χ2n) is 2.67. The third-order valence-electron chi connectivity index (χ3n) is 1.54. The van der Waals surface area contributed by atoms with Gasteiger partial charge >= 0.3 is 0 Å². The van der Waals surface area contributed by atoms with E-state index in [0.717, 1.165) is 11.8 Å². The SMILES string of the molecule is C/C=C\C#CCCCCCCBr. The average Bonchev–Trinajstić information content (AvgIpc) is 2.10. The molecule has 0 spiro atoms. The maximum absolute atomic E-state index is 3.42. The first kappa shape index (κ1) is 11.8. The Balaban J connectivity index is 3.06. The lowest BCUT2D eigenvalue weighted by atomic mass is 10.2. The molecular formula is C11H17Br. The summed E-state index contributed by atoms with van der Waals surface area (Å²) >= 11 is 3.42. The second kappa shape index (κ2) is 10.8. The highest BCUT2D eigenvalue weighted by molar-refractivity contribution is 9.09. The van der Waals surface area contributed by atoms with Gasteiger partial charge in [0.05, 0.1) is 0 Å². The molecule has 68 valence electrons. The van der Waals surface area contributed by atoms with Crippen LogP contribution in [0.25, 0.3) is 0 Å². The molecule has 0 heterocycles. The van der Waals surface area contributed by atoms with Gasteiger partial charge in [0.25, 0.3) is 0 Å². The molecule has 0 nitrogen and oxygen atoms in total. The molecule has 1 heteroatoms. The van der Waals surface area contributed by atoms with Gasteiger partial charge < -0.3 is 0 Å². The molecule has 0 radical (unpaired) electrons. The van der Waals surface area contributed by atoms with Gasteiger partial charge in [-0.05, 0) is 25.8 Å². The largest absolute Gasteiger partial charge is 0.0985 e. The summed E-state index contributed by atoms with van der Waals surface area (Å²) in [7, 11) is 0. The van der Waals surface area contributed by atoms with E-state index in [1.54, 1.807) is 0 Å². The Morgan fingerprint density at radius 2 is 1.92 bits per heavy atom. The van der Waals surface area contributed by atoms with Crippen molar-refractivity contribution in [3.8, 4) is 11.8 Å². The molecule has 0 aromatic carbocycles. The molecule has 0 saturated carbocycles. The molecule has 0 aliphatic carbocycles. The number of hydrogen-bond acceptors (Lipinski definition) is 0. The van der Waals surface area contributed by atoms with Crippen molar-refractivity contribution in [2.75, 3.05) is 5.33 Å². The van der Waals surface area contributed by atoms with E-state index < -0.39 is 0 Å². The smallest absolute Gasteiger partial charge is 0.00922 e. The number of alkyl halides is 1. The normalized spacial score (nSPS) is 9.83. The summed E-state index contributed by atoms with van der Waals surface area (Å²) in [5.41, 5.74) is 0. The highest BCUT2D eigenvalue weighted by Crippen LogP contribution is 2.03. The Labute approximate surface area is 84.6 Å². The minimum Gasteiger partial charge on any atom is -0.0985 e. The molecule has 0 aromatic rings. The Morgan fingerprint density at radius 3 is 2.58 bits per heavy atom. The van der Waals surface area contributed by atoms with E-state index in [4.69, 9.17) is 0 Å². The third-order valence-corrected chi connectivity index (χ3v) is 2.10. The summed E-state index contributed by atoms with van der Waals surface area (Å²) in [6.45, 7) is 1.99. The second-order valence-corrected chi connectivity index (χ2v) is 3.47. The number of hydrogen-bond donors (Lipinski definition) is 0. The summed E-state index contributed by atoms with van der Waals surface area (Å²) in [4.78, 5) is 0. The van der Waals surface area contributed by atoms with E-state index in [1.165, 1.54) is 25.7 Å². The molecule has 0 atom stereocenters. The number of halogens is 1. The molecule has 0 aliphatic heterocycles. The molecule has 0 aliphatic rings. The Bertz CT molecular complexity index is 160. The van der Waals surface area contributed by atoms with E-state index in [1.807, 2.05) is 19.1 Å². The van der Waals surface area contributed by atoms with Gasteiger partial charge in [0, 0.05) is 11.8 Å². The van der Waals surface area contributed by atoms with Crippen molar-refractivity contribution in [2.45, 2.75) is 39.0 Å². The van der Waals surface area contributed by atoms with Crippen LogP contribution in [0.5, 0.6) is 0 Å². The van der Waals surface area contributed by atoms with Crippen molar-refractivity contribution in [3.05, 3.63) is 12.2 Å². The van der Waals surface area contributed by atoms with Gasteiger partial charge in [-0.25, -0.2) is 0 Å². The minimum atomic E-state index is 1.05. The third kappa shape index (κ3) is 9.78. The zero-order valence-corrected chi connectivity index (χ0v) is 9.36. The molecule has 0 N–H and O–H groups in total. The van der Waals surface area contributed by atoms with Crippen LogP contribution in [0.3, 0.4) is 0 Å². The van der Waals surface area contributed by atoms with Crippen molar-refractivity contribution in [2.24, 2.45) is 0 Å². The van der Waals surface area contributed by atoms with Crippen molar-refractivity contribution in [3.63, 3.8) is 0 Å². The summed E-state index contributed by atoms with van der Waals surface area (Å²) in [5, 5.41) is 1.14. The van der Waals surface area contributed by atoms with Gasteiger partial charge in [-0.1, -0.05) is 46.7 Å². The summed E-state index contributed by atoms with van der Waals surface area (Å²) in [6.07, 6.45) is 10.1. The first-order chi connectivity index (χ1) is 5.91. The molecule has 0 fully saturated rings. The van der Waals surface area contributed by atoms with Crippen LogP contribution in [-0.4, -0.2) is 5.33 Å². The van der Waals surface area contributed by atoms with E-state index in [-0.39, 0.29) is 0 Å². The lowest BCUT2D eigenvalue weighted by Gasteiger charge is -1.93. The van der Waals surface area contributed by atoms with Crippen LogP contribution in [0.2, 0.25) is 0 Å². The van der Waals surface area contributed by atoms with E-state index >= 15 is 0 Å². The number of allylic oxidation sites excluding steroid dienone is 2. The first-order valence-electron chi connectivity index (χ1n) is 4.57. The fraction of sp³-hybridized carbons (Fsp3) is 0.636. The quantitative estimate of drug-likeness (QED) is 0.381. The lowest BCUT2D eigenvalue weighted by molar-refractivity contribution is 0.685. The van der Waals surface area contributed by atoms with Crippen LogP contribution in [0.1, 0.15) is 39.0 Å². The van der Waals surface area contributed by atoms with E-state index in [2.05, 4.69) is 27.8 Å². The predicted molar refractivity (Wildman–Crippen MR) is 59.5 cm³/mol. The van der Waals surface area contributed by atoms with Crippen molar-refractivity contribution in [1.82, 2.24) is 0 Å². The fourth-order valence-electron chi connectivity index (χ4n) is 0.876. The molecule has 0 saturated heterocycles. The van der Waals surface area contributed by atoms with Gasteiger partial charge in [-0.3, -0.25) is 0 Å². The van der Waals surface area contributed by atoms with E-state index in [9.17, 15) is 0 Å². The zero-order chi connectivity index (χ0) is 9.07. The molecule has 0 aromatic heterocycles. The number of unbranched alkanes of at least 4 members (excludes halogenated alkanes) is 4. The van der Waals surface area contributed by atoms with Crippen LogP contribution in [0.15, 0.2) is 12.2 Å². The number of rotatable bonds is 5. The van der Waals surface area contributed by atoms with Gasteiger partial charge in [-0.2, -0.15) is 0 Å². The summed E-state index contributed by atoms with van der Waals surface area (Å²) < 4.78 is 0. The monoisotopic (exact) mass is 228 g/mol. The van der Waals surface area contributed by atoms with Crippen LogP contribution in [-0.2, 0) is 0 Å². The van der Waals surface area contributed by atoms with Crippen LogP contribution in [0, 0.1) is 11.8 Å². The topological polar surface area (TPSA) is 0 Å². The lowest BCUT2D eigenvalue weighted by Crippen LogP contribution is -1.77. The molecule has 0 bridgehead atoms. The van der Waals surface area contributed by atoms with Crippen molar-refractivity contribution >= 4 is 15.9 Å². The maximum atomic E-state index is 3.42. The summed E-state index contributed by atoms with van der Waals surface area (Å²) in [5.74, 6) is 6.10. The van der Waals surface area contributed by atoms with Gasteiger partial charge in [0.1, 0.15) is 0 Å². The Hall–Kier alpha value is -0.220. The van der Waals surface area contributed by atoms with Crippen LogP contribution < -0.4 is 0 Å². The standard InChI is InChI=1S/C11H17Br/c1-2-3-4-5-6-7-8-9-10-11-12/h2-3H,6-11H2,1H3/b3-2-. The molecule has 0 rings (SSSR count). The van der Waals surface area contributed by atoms with Gasteiger partial charge in [-0.15, -0.1) is 0 Å². The molecule has 0 unspecified atom stereocenters. The molecule has 0 amide bonds. The Kier molecular flexibility index (Phi) is 10.6. The first-order valence-corrected chi connectivity index (χ1v) is 5.69. The van der Waals surface area contributed by atoms with Crippen LogP contribution >= 0.6 is 15.9 Å². The highest BCUT2D eigenvalue weighted by atomic mass is 79.9. The van der Waals surface area contributed by atoms with E-state index in [0.29, 0.717) is 0 Å². The van der Waals surface area contributed by atoms with Gasteiger partial charge in [0.2, 0.25) is 0 Å². The maximum Gasteiger partial charge on any atom is 0.00922 e. The van der Waals surface area contributed by atoms with Gasteiger partial charge in [0.15, 0.2) is 0 Å². The van der Waals surface area contributed by atoms with Crippen molar-refractivity contribution < 1.29 is 0 Å². The average molecular weight is 229 g/mol. The predicted octanol–water partition coefficient (Wildman–Crippen LogP) is 3.91.